The maximum Gasteiger partial charge on any atom is 0.0457 e. The predicted molar refractivity (Wildman–Crippen MR) is 71.3 cm³/mol. The van der Waals surface area contributed by atoms with Gasteiger partial charge in [-0.15, -0.1) is 0 Å². The molecule has 3 aromatic rings. The van der Waals surface area contributed by atoms with Gasteiger partial charge in [0.15, 0.2) is 0 Å². The molecule has 1 aromatic carbocycles. The van der Waals surface area contributed by atoms with Gasteiger partial charge in [0, 0.05) is 34.1 Å². The van der Waals surface area contributed by atoms with Gasteiger partial charge in [-0.3, -0.25) is 9.97 Å². The van der Waals surface area contributed by atoms with E-state index in [0.717, 1.165) is 17.1 Å². The molecule has 17 heavy (non-hydrogen) atoms. The van der Waals surface area contributed by atoms with Crippen LogP contribution in [-0.2, 0) is 0 Å². The Kier molecular flexibility index (Phi) is 2.11. The summed E-state index contributed by atoms with van der Waals surface area (Å²) in [4.78, 5) is 8.91. The number of hydrogen-bond donors (Lipinski definition) is 0. The van der Waals surface area contributed by atoms with E-state index in [4.69, 9.17) is 0 Å². The van der Waals surface area contributed by atoms with Gasteiger partial charge < -0.3 is 0 Å². The zero-order valence-electron chi connectivity index (χ0n) is 10.3. The standard InChI is InChI=1S/C15H14N2/c1-9-8-14-13(10(2)17-9)5-4-12-6-7-16-11(3)15(12)14/h4-8H,1-3H3. The Labute approximate surface area is 100 Å². The van der Waals surface area contributed by atoms with Crippen LogP contribution in [0.2, 0.25) is 0 Å². The molecular formula is C15H14N2. The summed E-state index contributed by atoms with van der Waals surface area (Å²) in [7, 11) is 0. The number of pyridine rings is 2. The van der Waals surface area contributed by atoms with Gasteiger partial charge in [-0.05, 0) is 43.7 Å². The third kappa shape index (κ3) is 1.48. The second-order valence-corrected chi connectivity index (χ2v) is 4.50. The molecule has 0 N–H and O–H groups in total. The minimum atomic E-state index is 1.06. The molecule has 84 valence electrons. The van der Waals surface area contributed by atoms with Crippen molar-refractivity contribution < 1.29 is 0 Å². The highest BCUT2D eigenvalue weighted by Gasteiger charge is 2.06. The van der Waals surface area contributed by atoms with Crippen molar-refractivity contribution in [3.05, 3.63) is 47.5 Å². The first kappa shape index (κ1) is 10.2. The Hall–Kier alpha value is -1.96. The average molecular weight is 222 g/mol. The SMILES string of the molecule is Cc1cc2c(ccc3ccnc(C)c32)c(C)n1. The van der Waals surface area contributed by atoms with Crippen LogP contribution in [0.1, 0.15) is 17.1 Å². The summed E-state index contributed by atoms with van der Waals surface area (Å²) in [6, 6.07) is 8.52. The van der Waals surface area contributed by atoms with Crippen molar-refractivity contribution in [1.29, 1.82) is 0 Å². The van der Waals surface area contributed by atoms with E-state index in [0.29, 0.717) is 0 Å². The van der Waals surface area contributed by atoms with Gasteiger partial charge in [-0.25, -0.2) is 0 Å². The largest absolute Gasteiger partial charge is 0.261 e. The monoisotopic (exact) mass is 222 g/mol. The average Bonchev–Trinajstić information content (AvgIpc) is 2.28. The van der Waals surface area contributed by atoms with E-state index in [2.05, 4.69) is 48.1 Å². The molecule has 0 saturated carbocycles. The molecule has 0 fully saturated rings. The van der Waals surface area contributed by atoms with Crippen molar-refractivity contribution in [3.8, 4) is 0 Å². The quantitative estimate of drug-likeness (QED) is 0.542. The molecule has 2 heteroatoms. The van der Waals surface area contributed by atoms with Crippen molar-refractivity contribution in [2.45, 2.75) is 20.8 Å². The number of benzene rings is 1. The molecular weight excluding hydrogens is 208 g/mol. The lowest BCUT2D eigenvalue weighted by Crippen LogP contribution is -1.91. The molecule has 0 spiro atoms. The smallest absolute Gasteiger partial charge is 0.0457 e. The summed E-state index contributed by atoms with van der Waals surface area (Å²) in [6.45, 7) is 6.16. The summed E-state index contributed by atoms with van der Waals surface area (Å²) in [5, 5.41) is 4.98. The van der Waals surface area contributed by atoms with E-state index in [1.54, 1.807) is 0 Å². The van der Waals surface area contributed by atoms with Gasteiger partial charge >= 0.3 is 0 Å². The van der Waals surface area contributed by atoms with Gasteiger partial charge in [0.05, 0.1) is 0 Å². The van der Waals surface area contributed by atoms with Crippen LogP contribution in [-0.4, -0.2) is 9.97 Å². The minimum absolute atomic E-state index is 1.06. The molecule has 0 aliphatic carbocycles. The molecule has 0 aliphatic rings. The number of fused-ring (bicyclic) bond motifs is 3. The highest BCUT2D eigenvalue weighted by Crippen LogP contribution is 2.28. The van der Waals surface area contributed by atoms with E-state index < -0.39 is 0 Å². The number of rotatable bonds is 0. The second kappa shape index (κ2) is 3.52. The summed E-state index contributed by atoms with van der Waals surface area (Å²) < 4.78 is 0. The Bertz CT molecular complexity index is 730. The lowest BCUT2D eigenvalue weighted by atomic mass is 10.0. The first-order valence-electron chi connectivity index (χ1n) is 5.79. The van der Waals surface area contributed by atoms with Gasteiger partial charge in [-0.2, -0.15) is 0 Å². The number of aromatic nitrogens is 2. The van der Waals surface area contributed by atoms with Crippen molar-refractivity contribution in [2.24, 2.45) is 0 Å². The summed E-state index contributed by atoms with van der Waals surface area (Å²) >= 11 is 0. The van der Waals surface area contributed by atoms with E-state index in [1.165, 1.54) is 21.5 Å². The maximum absolute atomic E-state index is 4.52. The van der Waals surface area contributed by atoms with Gasteiger partial charge in [-0.1, -0.05) is 12.1 Å². The van der Waals surface area contributed by atoms with Crippen molar-refractivity contribution in [3.63, 3.8) is 0 Å². The van der Waals surface area contributed by atoms with E-state index in [1.807, 2.05) is 13.1 Å². The van der Waals surface area contributed by atoms with Crippen LogP contribution in [0.4, 0.5) is 0 Å². The van der Waals surface area contributed by atoms with Gasteiger partial charge in [0.1, 0.15) is 0 Å². The minimum Gasteiger partial charge on any atom is -0.261 e. The lowest BCUT2D eigenvalue weighted by Gasteiger charge is -2.08. The first-order chi connectivity index (χ1) is 8.16. The topological polar surface area (TPSA) is 25.8 Å². The third-order valence-electron chi connectivity index (χ3n) is 3.25. The van der Waals surface area contributed by atoms with E-state index >= 15 is 0 Å². The highest BCUT2D eigenvalue weighted by atomic mass is 14.7. The molecule has 3 rings (SSSR count). The van der Waals surface area contributed by atoms with Crippen molar-refractivity contribution in [2.75, 3.05) is 0 Å². The van der Waals surface area contributed by atoms with Crippen molar-refractivity contribution >= 4 is 21.5 Å². The van der Waals surface area contributed by atoms with Gasteiger partial charge in [0.2, 0.25) is 0 Å². The fourth-order valence-corrected chi connectivity index (χ4v) is 2.50. The molecule has 0 amide bonds. The van der Waals surface area contributed by atoms with Crippen molar-refractivity contribution in [1.82, 2.24) is 9.97 Å². The normalized spacial score (nSPS) is 11.2. The summed E-state index contributed by atoms with van der Waals surface area (Å²) in [5.74, 6) is 0. The number of aryl methyl sites for hydroxylation is 3. The van der Waals surface area contributed by atoms with E-state index in [-0.39, 0.29) is 0 Å². The molecule has 2 aromatic heterocycles. The first-order valence-corrected chi connectivity index (χ1v) is 5.79. The Balaban J connectivity index is 2.63. The summed E-state index contributed by atoms with van der Waals surface area (Å²) in [6.07, 6.45) is 1.87. The third-order valence-corrected chi connectivity index (χ3v) is 3.25. The van der Waals surface area contributed by atoms with Crippen LogP contribution in [0.5, 0.6) is 0 Å². The van der Waals surface area contributed by atoms with Crippen LogP contribution in [0.25, 0.3) is 21.5 Å². The fourth-order valence-electron chi connectivity index (χ4n) is 2.50. The molecule has 0 saturated heterocycles. The van der Waals surface area contributed by atoms with E-state index in [9.17, 15) is 0 Å². The zero-order valence-corrected chi connectivity index (χ0v) is 10.3. The summed E-state index contributed by atoms with van der Waals surface area (Å²) in [5.41, 5.74) is 3.23. The predicted octanol–water partition coefficient (Wildman–Crippen LogP) is 3.71. The van der Waals surface area contributed by atoms with Gasteiger partial charge in [0.25, 0.3) is 0 Å². The molecule has 0 bridgehead atoms. The Morgan fingerprint density at radius 1 is 0.882 bits per heavy atom. The second-order valence-electron chi connectivity index (χ2n) is 4.50. The van der Waals surface area contributed by atoms with Crippen LogP contribution in [0.15, 0.2) is 30.5 Å². The molecule has 2 heterocycles. The maximum atomic E-state index is 4.52. The van der Waals surface area contributed by atoms with Crippen LogP contribution in [0.3, 0.4) is 0 Å². The van der Waals surface area contributed by atoms with Crippen LogP contribution >= 0.6 is 0 Å². The number of nitrogens with zero attached hydrogens (tertiary/aromatic N) is 2. The van der Waals surface area contributed by atoms with Crippen LogP contribution < -0.4 is 0 Å². The zero-order chi connectivity index (χ0) is 12.0. The van der Waals surface area contributed by atoms with Crippen LogP contribution in [0, 0.1) is 20.8 Å². The highest BCUT2D eigenvalue weighted by molar-refractivity contribution is 6.09. The molecule has 0 unspecified atom stereocenters. The molecule has 2 nitrogen and oxygen atoms in total. The fraction of sp³-hybridized carbons (Fsp3) is 0.200. The lowest BCUT2D eigenvalue weighted by molar-refractivity contribution is 1.15. The number of hydrogen-bond acceptors (Lipinski definition) is 2. The molecule has 0 radical (unpaired) electrons. The Morgan fingerprint density at radius 3 is 2.53 bits per heavy atom. The molecule has 0 aliphatic heterocycles. The Morgan fingerprint density at radius 2 is 1.71 bits per heavy atom. The molecule has 0 atom stereocenters.